The zero-order chi connectivity index (χ0) is 12.4. The summed E-state index contributed by atoms with van der Waals surface area (Å²) in [6.45, 7) is 0. The lowest BCUT2D eigenvalue weighted by atomic mass is 10.2. The molecule has 0 spiro atoms. The summed E-state index contributed by atoms with van der Waals surface area (Å²) in [5.74, 6) is -0.418. The van der Waals surface area contributed by atoms with Gasteiger partial charge in [-0.2, -0.15) is 0 Å². The second-order valence-electron chi connectivity index (χ2n) is 3.45. The number of nitrogens with zero attached hydrogens (tertiary/aromatic N) is 1. The third-order valence-electron chi connectivity index (χ3n) is 2.32. The topological polar surface area (TPSA) is 57.6 Å². The van der Waals surface area contributed by atoms with Gasteiger partial charge in [0.25, 0.3) is 0 Å². The van der Waals surface area contributed by atoms with Crippen LogP contribution in [0.5, 0.6) is 0 Å². The third-order valence-corrected chi connectivity index (χ3v) is 3.70. The smallest absolute Gasteiger partial charge is 0.335 e. The molecule has 1 fully saturated rings. The second-order valence-corrected chi connectivity index (χ2v) is 5.18. The Labute approximate surface area is 108 Å². The van der Waals surface area contributed by atoms with Gasteiger partial charge in [0.15, 0.2) is 0 Å². The molecule has 88 valence electrons. The highest BCUT2D eigenvalue weighted by atomic mass is 32.2. The number of carboxylic acid groups (broad SMARTS) is 1. The Hall–Kier alpha value is -1.40. The van der Waals surface area contributed by atoms with Crippen molar-refractivity contribution in [1.82, 2.24) is 0 Å². The summed E-state index contributed by atoms with van der Waals surface area (Å²) >= 11 is 6.54. The first-order valence-electron chi connectivity index (χ1n) is 4.92. The van der Waals surface area contributed by atoms with E-state index in [9.17, 15) is 9.59 Å². The van der Waals surface area contributed by atoms with Crippen molar-refractivity contribution in [2.45, 2.75) is 6.42 Å². The summed E-state index contributed by atoms with van der Waals surface area (Å²) in [5, 5.41) is 8.90. The maximum absolute atomic E-state index is 11.8. The fourth-order valence-electron chi connectivity index (χ4n) is 1.53. The Bertz CT molecular complexity index is 485. The largest absolute Gasteiger partial charge is 0.478 e. The van der Waals surface area contributed by atoms with Crippen LogP contribution in [-0.2, 0) is 4.79 Å². The number of hydrogen-bond acceptors (Lipinski definition) is 4. The van der Waals surface area contributed by atoms with E-state index in [1.807, 2.05) is 0 Å². The van der Waals surface area contributed by atoms with Gasteiger partial charge >= 0.3 is 5.97 Å². The molecule has 1 heterocycles. The number of rotatable bonds is 2. The molecule has 4 nitrogen and oxygen atoms in total. The molecular formula is C11H9NO3S2. The average molecular weight is 267 g/mol. The first kappa shape index (κ1) is 12.1. The van der Waals surface area contributed by atoms with Crippen molar-refractivity contribution < 1.29 is 14.7 Å². The van der Waals surface area contributed by atoms with Crippen LogP contribution >= 0.6 is 24.0 Å². The van der Waals surface area contributed by atoms with Crippen molar-refractivity contribution in [3.63, 3.8) is 0 Å². The number of carboxylic acids is 1. The van der Waals surface area contributed by atoms with E-state index in [0.717, 1.165) is 0 Å². The summed E-state index contributed by atoms with van der Waals surface area (Å²) in [6.07, 6.45) is 0.419. The molecule has 6 heteroatoms. The van der Waals surface area contributed by atoms with Crippen molar-refractivity contribution in [3.05, 3.63) is 29.8 Å². The van der Waals surface area contributed by atoms with Crippen LogP contribution in [0.25, 0.3) is 0 Å². The van der Waals surface area contributed by atoms with Crippen molar-refractivity contribution in [2.75, 3.05) is 10.7 Å². The van der Waals surface area contributed by atoms with Crippen LogP contribution in [0.3, 0.4) is 0 Å². The highest BCUT2D eigenvalue weighted by Crippen LogP contribution is 2.26. The summed E-state index contributed by atoms with van der Waals surface area (Å²) in [6, 6.07) is 6.23. The van der Waals surface area contributed by atoms with Crippen LogP contribution in [0.2, 0.25) is 0 Å². The van der Waals surface area contributed by atoms with Gasteiger partial charge in [-0.05, 0) is 18.2 Å². The lowest BCUT2D eigenvalue weighted by molar-refractivity contribution is -0.117. The Morgan fingerprint density at radius 3 is 2.88 bits per heavy atom. The van der Waals surface area contributed by atoms with Crippen molar-refractivity contribution >= 4 is 45.9 Å². The minimum Gasteiger partial charge on any atom is -0.478 e. The monoisotopic (exact) mass is 267 g/mol. The van der Waals surface area contributed by atoms with E-state index in [0.29, 0.717) is 22.2 Å². The van der Waals surface area contributed by atoms with Crippen molar-refractivity contribution in [2.24, 2.45) is 0 Å². The molecule has 0 radical (unpaired) electrons. The molecule has 0 atom stereocenters. The lowest BCUT2D eigenvalue weighted by Crippen LogP contribution is -2.38. The number of carbonyl (C=O) groups excluding carboxylic acids is 1. The maximum Gasteiger partial charge on any atom is 0.335 e. The molecule has 1 aromatic carbocycles. The van der Waals surface area contributed by atoms with Crippen molar-refractivity contribution in [1.29, 1.82) is 0 Å². The van der Waals surface area contributed by atoms with E-state index >= 15 is 0 Å². The maximum atomic E-state index is 11.8. The standard InChI is InChI=1S/C11H9NO3S2/c13-9-4-5-17-11(16)12(9)8-3-1-2-7(6-8)10(14)15/h1-3,6H,4-5H2,(H,14,15). The molecule has 17 heavy (non-hydrogen) atoms. The number of benzene rings is 1. The first-order valence-corrected chi connectivity index (χ1v) is 6.32. The number of amides is 1. The van der Waals surface area contributed by atoms with Gasteiger partial charge in [0.05, 0.1) is 11.3 Å². The van der Waals surface area contributed by atoms with E-state index in [2.05, 4.69) is 0 Å². The first-order chi connectivity index (χ1) is 8.09. The molecular weight excluding hydrogens is 258 g/mol. The van der Waals surface area contributed by atoms with Gasteiger partial charge in [-0.3, -0.25) is 9.69 Å². The summed E-state index contributed by atoms with van der Waals surface area (Å²) in [4.78, 5) is 24.0. The number of carbonyl (C=O) groups is 2. The van der Waals surface area contributed by atoms with Crippen LogP contribution in [0.4, 0.5) is 5.69 Å². The minimum atomic E-state index is -1.02. The zero-order valence-electron chi connectivity index (χ0n) is 8.75. The number of thiocarbonyl (C=S) groups is 1. The van der Waals surface area contributed by atoms with E-state index in [4.69, 9.17) is 17.3 Å². The molecule has 1 aromatic rings. The van der Waals surface area contributed by atoms with Gasteiger partial charge in [0.1, 0.15) is 4.32 Å². The fourth-order valence-corrected chi connectivity index (χ4v) is 2.78. The van der Waals surface area contributed by atoms with Crippen molar-refractivity contribution in [3.8, 4) is 0 Å². The second kappa shape index (κ2) is 4.85. The summed E-state index contributed by atoms with van der Waals surface area (Å²) in [7, 11) is 0. The molecule has 1 aliphatic rings. The minimum absolute atomic E-state index is 0.0868. The average Bonchev–Trinajstić information content (AvgIpc) is 2.29. The number of hydrogen-bond donors (Lipinski definition) is 1. The van der Waals surface area contributed by atoms with Crippen LogP contribution in [-0.4, -0.2) is 27.1 Å². The Kier molecular flexibility index (Phi) is 3.44. The van der Waals surface area contributed by atoms with Crippen LogP contribution in [0.1, 0.15) is 16.8 Å². The highest BCUT2D eigenvalue weighted by molar-refractivity contribution is 8.23. The molecule has 0 unspecified atom stereocenters. The molecule has 1 aliphatic heterocycles. The van der Waals surface area contributed by atoms with Crippen LogP contribution in [0.15, 0.2) is 24.3 Å². The Morgan fingerprint density at radius 2 is 2.24 bits per heavy atom. The van der Waals surface area contributed by atoms with Crippen LogP contribution < -0.4 is 4.90 Å². The van der Waals surface area contributed by atoms with Crippen LogP contribution in [0, 0.1) is 0 Å². The lowest BCUT2D eigenvalue weighted by Gasteiger charge is -2.26. The molecule has 0 saturated carbocycles. The summed E-state index contributed by atoms with van der Waals surface area (Å²) in [5.41, 5.74) is 0.667. The molecule has 2 rings (SSSR count). The van der Waals surface area contributed by atoms with E-state index in [1.165, 1.54) is 28.8 Å². The number of thioether (sulfide) groups is 1. The van der Waals surface area contributed by atoms with E-state index in [-0.39, 0.29) is 11.5 Å². The molecule has 0 aromatic heterocycles. The molecule has 0 aliphatic carbocycles. The van der Waals surface area contributed by atoms with Gasteiger partial charge in [-0.1, -0.05) is 30.0 Å². The fraction of sp³-hybridized carbons (Fsp3) is 0.182. The third kappa shape index (κ3) is 2.48. The van der Waals surface area contributed by atoms with E-state index < -0.39 is 5.97 Å². The highest BCUT2D eigenvalue weighted by Gasteiger charge is 2.25. The summed E-state index contributed by atoms with van der Waals surface area (Å²) < 4.78 is 0.476. The van der Waals surface area contributed by atoms with Gasteiger partial charge in [0.2, 0.25) is 5.91 Å². The van der Waals surface area contributed by atoms with Gasteiger partial charge in [-0.15, -0.1) is 0 Å². The predicted molar refractivity (Wildman–Crippen MR) is 70.6 cm³/mol. The molecule has 1 N–H and O–H groups in total. The predicted octanol–water partition coefficient (Wildman–Crippen LogP) is 2.14. The SMILES string of the molecule is O=C(O)c1cccc(N2C(=O)CCSC2=S)c1. The number of anilines is 1. The van der Waals surface area contributed by atoms with E-state index in [1.54, 1.807) is 12.1 Å². The molecule has 1 saturated heterocycles. The van der Waals surface area contributed by atoms with Gasteiger partial charge < -0.3 is 5.11 Å². The Balaban J connectivity index is 2.38. The zero-order valence-corrected chi connectivity index (χ0v) is 10.4. The van der Waals surface area contributed by atoms with Gasteiger partial charge in [-0.25, -0.2) is 4.79 Å². The van der Waals surface area contributed by atoms with Gasteiger partial charge in [0, 0.05) is 12.2 Å². The molecule has 0 bridgehead atoms. The normalized spacial score (nSPS) is 16.1. The molecule has 1 amide bonds. The number of aromatic carboxylic acids is 1. The Morgan fingerprint density at radius 1 is 1.47 bits per heavy atom. The quantitative estimate of drug-likeness (QED) is 0.832.